The Bertz CT molecular complexity index is 988. The van der Waals surface area contributed by atoms with Crippen LogP contribution in [0.15, 0.2) is 54.7 Å². The minimum absolute atomic E-state index is 0.567. The highest BCUT2D eigenvalue weighted by atomic mass is 32.1. The largest absolute Gasteiger partial charge is 0.494 e. The van der Waals surface area contributed by atoms with Crippen molar-refractivity contribution in [2.45, 2.75) is 6.54 Å². The number of pyridine rings is 1. The molecule has 7 heteroatoms. The summed E-state index contributed by atoms with van der Waals surface area (Å²) >= 11 is 5.49. The van der Waals surface area contributed by atoms with Crippen LogP contribution in [-0.4, -0.2) is 43.5 Å². The zero-order valence-electron chi connectivity index (χ0n) is 16.4. The van der Waals surface area contributed by atoms with Gasteiger partial charge in [-0.05, 0) is 54.2 Å². The molecule has 2 N–H and O–H groups in total. The molecule has 0 amide bonds. The van der Waals surface area contributed by atoms with E-state index in [1.165, 1.54) is 11.3 Å². The van der Waals surface area contributed by atoms with Crippen LogP contribution < -0.4 is 20.3 Å². The Morgan fingerprint density at radius 3 is 2.69 bits per heavy atom. The van der Waals surface area contributed by atoms with E-state index in [0.717, 1.165) is 48.6 Å². The van der Waals surface area contributed by atoms with Crippen molar-refractivity contribution in [3.8, 4) is 5.75 Å². The van der Waals surface area contributed by atoms with Gasteiger partial charge in [0.05, 0.1) is 20.3 Å². The molecule has 1 aromatic heterocycles. The van der Waals surface area contributed by atoms with E-state index in [1.54, 1.807) is 13.3 Å². The first-order chi connectivity index (χ1) is 14.2. The zero-order valence-corrected chi connectivity index (χ0v) is 17.2. The first kappa shape index (κ1) is 19.4. The zero-order chi connectivity index (χ0) is 20.1. The molecule has 1 aliphatic heterocycles. The summed E-state index contributed by atoms with van der Waals surface area (Å²) in [5.41, 5.74) is 4.11. The number of hydrogen-bond donors (Lipinski definition) is 2. The Morgan fingerprint density at radius 2 is 1.93 bits per heavy atom. The van der Waals surface area contributed by atoms with Gasteiger partial charge in [0, 0.05) is 42.6 Å². The van der Waals surface area contributed by atoms with Crippen molar-refractivity contribution in [2.75, 3.05) is 43.6 Å². The second kappa shape index (κ2) is 9.07. The van der Waals surface area contributed by atoms with Gasteiger partial charge in [-0.2, -0.15) is 0 Å². The van der Waals surface area contributed by atoms with Gasteiger partial charge in [-0.25, -0.2) is 0 Å². The number of nitrogens with one attached hydrogen (secondary N) is 2. The van der Waals surface area contributed by atoms with Crippen LogP contribution in [0.25, 0.3) is 10.9 Å². The lowest BCUT2D eigenvalue weighted by Crippen LogP contribution is -2.36. The third kappa shape index (κ3) is 4.58. The van der Waals surface area contributed by atoms with Crippen molar-refractivity contribution in [2.24, 2.45) is 0 Å². The second-order valence-electron chi connectivity index (χ2n) is 6.79. The van der Waals surface area contributed by atoms with Crippen LogP contribution in [0.1, 0.15) is 5.56 Å². The number of morpholine rings is 1. The standard InChI is InChI=1S/C22H24N4O2S/c1-27-20-9-8-19(18-3-2-10-23-21(18)20)25-22(29)24-15-16-4-6-17(7-5-16)26-11-13-28-14-12-26/h2-10H,11-15H2,1H3,(H2,24,25,29). The average molecular weight is 409 g/mol. The monoisotopic (exact) mass is 408 g/mol. The van der Waals surface area contributed by atoms with E-state index < -0.39 is 0 Å². The number of benzene rings is 2. The number of anilines is 2. The van der Waals surface area contributed by atoms with Crippen molar-refractivity contribution >= 4 is 39.6 Å². The summed E-state index contributed by atoms with van der Waals surface area (Å²) in [6, 6.07) is 16.3. The second-order valence-corrected chi connectivity index (χ2v) is 7.20. The van der Waals surface area contributed by atoms with Crippen LogP contribution in [0, 0.1) is 0 Å². The Balaban J connectivity index is 1.37. The third-order valence-electron chi connectivity index (χ3n) is 4.97. The molecule has 0 unspecified atom stereocenters. The maximum atomic E-state index is 5.49. The van der Waals surface area contributed by atoms with Crippen molar-refractivity contribution < 1.29 is 9.47 Å². The van der Waals surface area contributed by atoms with Gasteiger partial charge in [0.1, 0.15) is 11.3 Å². The average Bonchev–Trinajstić information content (AvgIpc) is 2.79. The molecule has 0 aliphatic carbocycles. The molecule has 0 atom stereocenters. The number of methoxy groups -OCH3 is 1. The van der Waals surface area contributed by atoms with Gasteiger partial charge < -0.3 is 25.0 Å². The Hall–Kier alpha value is -2.90. The van der Waals surface area contributed by atoms with Gasteiger partial charge in [-0.3, -0.25) is 4.98 Å². The molecule has 3 aromatic rings. The first-order valence-electron chi connectivity index (χ1n) is 9.63. The molecule has 29 heavy (non-hydrogen) atoms. The van der Waals surface area contributed by atoms with Crippen LogP contribution in [-0.2, 0) is 11.3 Å². The minimum Gasteiger partial charge on any atom is -0.494 e. The summed E-state index contributed by atoms with van der Waals surface area (Å²) in [6.45, 7) is 4.12. The molecule has 1 saturated heterocycles. The van der Waals surface area contributed by atoms with E-state index >= 15 is 0 Å². The Morgan fingerprint density at radius 1 is 1.14 bits per heavy atom. The van der Waals surface area contributed by atoms with Crippen LogP contribution in [0.2, 0.25) is 0 Å². The van der Waals surface area contributed by atoms with Gasteiger partial charge in [0.15, 0.2) is 5.11 Å². The SMILES string of the molecule is COc1ccc(NC(=S)NCc2ccc(N3CCOCC3)cc2)c2cccnc12. The number of hydrogen-bond acceptors (Lipinski definition) is 5. The maximum absolute atomic E-state index is 5.49. The number of ether oxygens (including phenoxy) is 2. The third-order valence-corrected chi connectivity index (χ3v) is 5.21. The summed E-state index contributed by atoms with van der Waals surface area (Å²) in [5.74, 6) is 0.741. The summed E-state index contributed by atoms with van der Waals surface area (Å²) < 4.78 is 10.8. The molecule has 0 spiro atoms. The quantitative estimate of drug-likeness (QED) is 0.626. The maximum Gasteiger partial charge on any atom is 0.171 e. The highest BCUT2D eigenvalue weighted by Gasteiger charge is 2.11. The lowest BCUT2D eigenvalue weighted by atomic mass is 10.1. The number of nitrogens with zero attached hydrogens (tertiary/aromatic N) is 2. The normalized spacial score (nSPS) is 13.9. The predicted octanol–water partition coefficient (Wildman–Crippen LogP) is 3.57. The van der Waals surface area contributed by atoms with Crippen LogP contribution in [0.5, 0.6) is 5.75 Å². The van der Waals surface area contributed by atoms with E-state index in [2.05, 4.69) is 44.8 Å². The highest BCUT2D eigenvalue weighted by Crippen LogP contribution is 2.29. The minimum atomic E-state index is 0.567. The molecule has 6 nitrogen and oxygen atoms in total. The van der Waals surface area contributed by atoms with E-state index in [1.807, 2.05) is 24.3 Å². The van der Waals surface area contributed by atoms with E-state index in [-0.39, 0.29) is 0 Å². The smallest absolute Gasteiger partial charge is 0.171 e. The number of thiocarbonyl (C=S) groups is 1. The molecule has 0 bridgehead atoms. The number of rotatable bonds is 5. The molecule has 4 rings (SSSR count). The topological polar surface area (TPSA) is 58.7 Å². The summed E-state index contributed by atoms with van der Waals surface area (Å²) in [6.07, 6.45) is 1.76. The first-order valence-corrected chi connectivity index (χ1v) is 10.0. The fourth-order valence-corrected chi connectivity index (χ4v) is 3.60. The van der Waals surface area contributed by atoms with Gasteiger partial charge in [-0.1, -0.05) is 12.1 Å². The lowest BCUT2D eigenvalue weighted by Gasteiger charge is -2.28. The molecule has 2 aromatic carbocycles. The van der Waals surface area contributed by atoms with E-state index in [4.69, 9.17) is 21.7 Å². The van der Waals surface area contributed by atoms with Crippen molar-refractivity contribution in [3.63, 3.8) is 0 Å². The van der Waals surface area contributed by atoms with Crippen LogP contribution in [0.4, 0.5) is 11.4 Å². The summed E-state index contributed by atoms with van der Waals surface area (Å²) in [4.78, 5) is 6.76. The van der Waals surface area contributed by atoms with Crippen LogP contribution in [0.3, 0.4) is 0 Å². The van der Waals surface area contributed by atoms with Crippen LogP contribution >= 0.6 is 12.2 Å². The van der Waals surface area contributed by atoms with Crippen molar-refractivity contribution in [1.29, 1.82) is 0 Å². The van der Waals surface area contributed by atoms with Gasteiger partial charge >= 0.3 is 0 Å². The lowest BCUT2D eigenvalue weighted by molar-refractivity contribution is 0.122. The van der Waals surface area contributed by atoms with Gasteiger partial charge in [-0.15, -0.1) is 0 Å². The van der Waals surface area contributed by atoms with Gasteiger partial charge in [0.2, 0.25) is 0 Å². The Kier molecular flexibility index (Phi) is 6.07. The molecule has 2 heterocycles. The van der Waals surface area contributed by atoms with Crippen molar-refractivity contribution in [1.82, 2.24) is 10.3 Å². The molecule has 1 fully saturated rings. The molecular formula is C22H24N4O2S. The van der Waals surface area contributed by atoms with Gasteiger partial charge in [0.25, 0.3) is 0 Å². The molecule has 0 saturated carbocycles. The van der Waals surface area contributed by atoms with E-state index in [0.29, 0.717) is 11.7 Å². The van der Waals surface area contributed by atoms with Crippen molar-refractivity contribution in [3.05, 3.63) is 60.3 Å². The molecule has 0 radical (unpaired) electrons. The fraction of sp³-hybridized carbons (Fsp3) is 0.273. The summed E-state index contributed by atoms with van der Waals surface area (Å²) in [5, 5.41) is 8.08. The molecular weight excluding hydrogens is 384 g/mol. The number of aromatic nitrogens is 1. The Labute approximate surface area is 175 Å². The fourth-order valence-electron chi connectivity index (χ4n) is 3.42. The highest BCUT2D eigenvalue weighted by molar-refractivity contribution is 7.80. The molecule has 1 aliphatic rings. The molecule has 150 valence electrons. The predicted molar refractivity (Wildman–Crippen MR) is 121 cm³/mol. The van der Waals surface area contributed by atoms with E-state index in [9.17, 15) is 0 Å². The summed E-state index contributed by atoms with van der Waals surface area (Å²) in [7, 11) is 1.65. The number of fused-ring (bicyclic) bond motifs is 1.